The lowest BCUT2D eigenvalue weighted by Crippen LogP contribution is -2.36. The van der Waals surface area contributed by atoms with Crippen molar-refractivity contribution in [3.8, 4) is 5.88 Å². The molecule has 0 bridgehead atoms. The number of carbonyl (C=O) groups is 1. The number of aliphatic imine (C=N–C) groups is 1. The number of ether oxygens (including phenoxy) is 1. The van der Waals surface area contributed by atoms with Crippen molar-refractivity contribution in [1.29, 1.82) is 0 Å². The summed E-state index contributed by atoms with van der Waals surface area (Å²) < 4.78 is 45.8. The van der Waals surface area contributed by atoms with Gasteiger partial charge in [0.05, 0.1) is 41.6 Å². The van der Waals surface area contributed by atoms with E-state index in [4.69, 9.17) is 4.74 Å². The highest BCUT2D eigenvalue weighted by Gasteiger charge is 2.23. The Morgan fingerprint density at radius 2 is 1.89 bits per heavy atom. The molecular weight excluding hydrogens is 531 g/mol. The number of rotatable bonds is 9. The van der Waals surface area contributed by atoms with Crippen LogP contribution in [-0.4, -0.2) is 75.6 Å². The molecule has 0 saturated carbocycles. The van der Waals surface area contributed by atoms with Gasteiger partial charge in [-0.05, 0) is 49.8 Å². The van der Waals surface area contributed by atoms with E-state index in [0.717, 1.165) is 16.6 Å². The van der Waals surface area contributed by atoms with Gasteiger partial charge in [0.15, 0.2) is 5.88 Å². The van der Waals surface area contributed by atoms with E-state index in [0.29, 0.717) is 39.8 Å². The number of methoxy groups -OCH3 is 1. The first-order valence-corrected chi connectivity index (χ1v) is 14.3. The van der Waals surface area contributed by atoms with Crippen LogP contribution in [0.15, 0.2) is 58.2 Å². The van der Waals surface area contributed by atoms with E-state index in [1.807, 2.05) is 21.7 Å². The molecule has 200 valence electrons. The van der Waals surface area contributed by atoms with Crippen LogP contribution < -0.4 is 4.31 Å². The van der Waals surface area contributed by atoms with Crippen molar-refractivity contribution in [1.82, 2.24) is 9.88 Å². The number of nitrogens with one attached hydrogen (secondary N) is 1. The standard InChI is InChI=1S/C26H27FN4O5S2/c1-30(2)10-11-31(38(4,34)35)22-8-6-18(14-20(22)27)28-24(17-9-12-37-15-17)23-19-7-5-16(26(33)36-3)13-21(19)29-25(23)32/h5-9,12-15,29,32H,10-11H2,1-4H3. The zero-order chi connectivity index (χ0) is 27.6. The van der Waals surface area contributed by atoms with Crippen LogP contribution in [0, 0.1) is 5.82 Å². The zero-order valence-corrected chi connectivity index (χ0v) is 22.9. The number of thiophene rings is 1. The minimum absolute atomic E-state index is 0.0735. The van der Waals surface area contributed by atoms with Crippen LogP contribution >= 0.6 is 11.3 Å². The van der Waals surface area contributed by atoms with Crippen molar-refractivity contribution >= 4 is 55.3 Å². The highest BCUT2D eigenvalue weighted by Crippen LogP contribution is 2.34. The van der Waals surface area contributed by atoms with Gasteiger partial charge in [-0.3, -0.25) is 4.31 Å². The van der Waals surface area contributed by atoms with Crippen LogP contribution in [0.5, 0.6) is 5.88 Å². The number of aromatic hydroxyl groups is 1. The highest BCUT2D eigenvalue weighted by molar-refractivity contribution is 7.92. The van der Waals surface area contributed by atoms with Crippen molar-refractivity contribution in [3.63, 3.8) is 0 Å². The minimum atomic E-state index is -3.72. The lowest BCUT2D eigenvalue weighted by Gasteiger charge is -2.24. The predicted octanol–water partition coefficient (Wildman–Crippen LogP) is 4.36. The Morgan fingerprint density at radius 3 is 2.50 bits per heavy atom. The predicted molar refractivity (Wildman–Crippen MR) is 148 cm³/mol. The Kier molecular flexibility index (Phi) is 7.86. The molecule has 12 heteroatoms. The number of likely N-dealkylation sites (N-methyl/N-ethyl adjacent to an activating group) is 1. The molecule has 4 rings (SSSR count). The van der Waals surface area contributed by atoms with Gasteiger partial charge in [0.1, 0.15) is 5.82 Å². The maximum absolute atomic E-state index is 15.3. The van der Waals surface area contributed by atoms with Crippen molar-refractivity contribution in [2.24, 2.45) is 4.99 Å². The summed E-state index contributed by atoms with van der Waals surface area (Å²) in [7, 11) is 1.17. The number of H-pyrrole nitrogens is 1. The Labute approximate surface area is 223 Å². The number of benzene rings is 2. The van der Waals surface area contributed by atoms with Crippen LogP contribution in [0.1, 0.15) is 21.5 Å². The van der Waals surface area contributed by atoms with Gasteiger partial charge in [0.25, 0.3) is 0 Å². The molecule has 0 fully saturated rings. The fourth-order valence-electron chi connectivity index (χ4n) is 3.98. The van der Waals surface area contributed by atoms with E-state index in [2.05, 4.69) is 9.98 Å². The van der Waals surface area contributed by atoms with E-state index in [1.165, 1.54) is 30.6 Å². The molecule has 2 aromatic carbocycles. The Morgan fingerprint density at radius 1 is 1.13 bits per heavy atom. The van der Waals surface area contributed by atoms with Gasteiger partial charge in [-0.1, -0.05) is 6.07 Å². The van der Waals surface area contributed by atoms with Crippen molar-refractivity contribution in [2.75, 3.05) is 44.9 Å². The number of anilines is 1. The third kappa shape index (κ3) is 5.72. The zero-order valence-electron chi connectivity index (χ0n) is 21.2. The fourth-order valence-corrected chi connectivity index (χ4v) is 5.54. The average molecular weight is 559 g/mol. The molecule has 0 spiro atoms. The third-order valence-corrected chi connectivity index (χ3v) is 7.69. The molecule has 0 aliphatic rings. The first kappa shape index (κ1) is 27.3. The molecule has 0 radical (unpaired) electrons. The molecule has 0 aliphatic carbocycles. The molecule has 2 heterocycles. The molecule has 2 aromatic heterocycles. The summed E-state index contributed by atoms with van der Waals surface area (Å²) in [6.45, 7) is 0.495. The van der Waals surface area contributed by atoms with Crippen molar-refractivity contribution in [3.05, 3.63) is 75.7 Å². The summed E-state index contributed by atoms with van der Waals surface area (Å²) in [6, 6.07) is 10.7. The third-order valence-electron chi connectivity index (χ3n) is 5.82. The maximum atomic E-state index is 15.3. The topological polar surface area (TPSA) is 115 Å². The van der Waals surface area contributed by atoms with Gasteiger partial charge < -0.3 is 19.7 Å². The number of aromatic nitrogens is 1. The summed E-state index contributed by atoms with van der Waals surface area (Å²) in [5.74, 6) is -1.43. The number of esters is 1. The molecule has 4 aromatic rings. The molecule has 0 unspecified atom stereocenters. The normalized spacial score (nSPS) is 12.3. The number of sulfonamides is 1. The first-order chi connectivity index (χ1) is 18.0. The van der Waals surface area contributed by atoms with E-state index in [1.54, 1.807) is 32.3 Å². The first-order valence-electron chi connectivity index (χ1n) is 11.5. The molecule has 0 saturated heterocycles. The smallest absolute Gasteiger partial charge is 0.337 e. The van der Waals surface area contributed by atoms with Gasteiger partial charge in [-0.25, -0.2) is 22.6 Å². The summed E-state index contributed by atoms with van der Waals surface area (Å²) in [6.07, 6.45) is 1.04. The van der Waals surface area contributed by atoms with Gasteiger partial charge in [0.2, 0.25) is 10.0 Å². The summed E-state index contributed by atoms with van der Waals surface area (Å²) in [5.41, 5.74) is 2.41. The maximum Gasteiger partial charge on any atom is 0.337 e. The number of halogens is 1. The average Bonchev–Trinajstić information content (AvgIpc) is 3.49. The molecule has 0 amide bonds. The van der Waals surface area contributed by atoms with E-state index in [9.17, 15) is 18.3 Å². The second kappa shape index (κ2) is 10.9. The molecular formula is C26H27FN4O5S2. The summed E-state index contributed by atoms with van der Waals surface area (Å²) in [5, 5.41) is 15.1. The van der Waals surface area contributed by atoms with Gasteiger partial charge in [-0.15, -0.1) is 0 Å². The molecule has 0 aliphatic heterocycles. The van der Waals surface area contributed by atoms with Crippen molar-refractivity contribution in [2.45, 2.75) is 0 Å². The van der Waals surface area contributed by atoms with Gasteiger partial charge in [-0.2, -0.15) is 11.3 Å². The quantitative estimate of drug-likeness (QED) is 0.233. The Bertz CT molecular complexity index is 1610. The van der Waals surface area contributed by atoms with Crippen LogP contribution in [0.3, 0.4) is 0 Å². The van der Waals surface area contributed by atoms with Crippen LogP contribution in [-0.2, 0) is 14.8 Å². The summed E-state index contributed by atoms with van der Waals surface area (Å²) in [4.78, 5) is 21.3. The van der Waals surface area contributed by atoms with E-state index in [-0.39, 0.29) is 23.8 Å². The van der Waals surface area contributed by atoms with E-state index < -0.39 is 21.8 Å². The molecule has 0 atom stereocenters. The number of nitrogens with zero attached hydrogens (tertiary/aromatic N) is 3. The van der Waals surface area contributed by atoms with E-state index >= 15 is 4.39 Å². The lowest BCUT2D eigenvalue weighted by molar-refractivity contribution is 0.0601. The molecule has 38 heavy (non-hydrogen) atoms. The van der Waals surface area contributed by atoms with Gasteiger partial charge in [0, 0.05) is 41.0 Å². The number of hydrogen-bond acceptors (Lipinski definition) is 8. The summed E-state index contributed by atoms with van der Waals surface area (Å²) >= 11 is 1.43. The Hall–Kier alpha value is -3.74. The number of fused-ring (bicyclic) bond motifs is 1. The largest absolute Gasteiger partial charge is 0.494 e. The second-order valence-electron chi connectivity index (χ2n) is 8.85. The highest BCUT2D eigenvalue weighted by atomic mass is 32.2. The van der Waals surface area contributed by atoms with Gasteiger partial charge >= 0.3 is 5.97 Å². The minimum Gasteiger partial charge on any atom is -0.494 e. The van der Waals surface area contributed by atoms with Crippen LogP contribution in [0.4, 0.5) is 15.8 Å². The number of carbonyl (C=O) groups excluding carboxylic acids is 1. The Balaban J connectivity index is 1.82. The lowest BCUT2D eigenvalue weighted by atomic mass is 10.0. The van der Waals surface area contributed by atoms with Crippen LogP contribution in [0.2, 0.25) is 0 Å². The molecule has 2 N–H and O–H groups in total. The molecule has 9 nitrogen and oxygen atoms in total. The van der Waals surface area contributed by atoms with Crippen molar-refractivity contribution < 1.29 is 27.4 Å². The van der Waals surface area contributed by atoms with Crippen LogP contribution in [0.25, 0.3) is 10.9 Å². The monoisotopic (exact) mass is 558 g/mol. The SMILES string of the molecule is COC(=O)c1ccc2c(C(=Nc3ccc(N(CCN(C)C)S(C)(=O)=O)c(F)c3)c3ccsc3)c(O)[nH]c2c1. The second-order valence-corrected chi connectivity index (χ2v) is 11.5. The number of hydrogen-bond donors (Lipinski definition) is 2. The number of aromatic amines is 1. The fraction of sp³-hybridized carbons (Fsp3) is 0.231.